The van der Waals surface area contributed by atoms with Crippen molar-refractivity contribution < 1.29 is 19.1 Å². The molecule has 2 amide bonds. The van der Waals surface area contributed by atoms with Crippen molar-refractivity contribution >= 4 is 12.2 Å². The van der Waals surface area contributed by atoms with Gasteiger partial charge in [0.1, 0.15) is 13.2 Å². The number of aromatic nitrogens is 1. The summed E-state index contributed by atoms with van der Waals surface area (Å²) in [5.74, 6) is 0. The molecule has 1 heterocycles. The van der Waals surface area contributed by atoms with Gasteiger partial charge in [-0.05, 0) is 6.07 Å². The van der Waals surface area contributed by atoms with E-state index in [0.29, 0.717) is 5.69 Å². The number of carbonyl (C=O) groups is 2. The molecule has 98 valence electrons. The number of hydrogen-bond donors (Lipinski definition) is 2. The molecule has 0 unspecified atom stereocenters. The molecule has 0 aliphatic carbocycles. The number of ether oxygens (including phenoxy) is 2. The van der Waals surface area contributed by atoms with Crippen LogP contribution in [-0.2, 0) is 22.7 Å². The number of hydrogen-bond acceptors (Lipinski definition) is 5. The molecule has 1 rings (SSSR count). The van der Waals surface area contributed by atoms with Gasteiger partial charge in [-0.3, -0.25) is 4.98 Å². The normalized spacial score (nSPS) is 9.44. The van der Waals surface area contributed by atoms with Gasteiger partial charge in [0.15, 0.2) is 0 Å². The van der Waals surface area contributed by atoms with Crippen LogP contribution in [-0.4, -0.2) is 31.3 Å². The summed E-state index contributed by atoms with van der Waals surface area (Å²) < 4.78 is 9.67. The van der Waals surface area contributed by atoms with Gasteiger partial charge >= 0.3 is 12.2 Å². The Morgan fingerprint density at radius 1 is 1.11 bits per heavy atom. The fourth-order valence-electron chi connectivity index (χ4n) is 1.06. The van der Waals surface area contributed by atoms with Gasteiger partial charge in [0, 0.05) is 25.9 Å². The topological polar surface area (TPSA) is 89.5 Å². The number of pyridine rings is 1. The molecule has 7 heteroatoms. The van der Waals surface area contributed by atoms with E-state index < -0.39 is 12.2 Å². The zero-order valence-corrected chi connectivity index (χ0v) is 10.2. The highest BCUT2D eigenvalue weighted by Gasteiger charge is 2.02. The first-order valence-corrected chi connectivity index (χ1v) is 5.28. The van der Waals surface area contributed by atoms with E-state index in [4.69, 9.17) is 9.47 Å². The van der Waals surface area contributed by atoms with E-state index in [1.54, 1.807) is 18.3 Å². The lowest BCUT2D eigenvalue weighted by Crippen LogP contribution is -2.19. The molecule has 0 atom stereocenters. The molecule has 0 radical (unpaired) electrons. The van der Waals surface area contributed by atoms with Crippen molar-refractivity contribution in [1.82, 2.24) is 15.6 Å². The summed E-state index contributed by atoms with van der Waals surface area (Å²) in [6.07, 6.45) is 0.553. The van der Waals surface area contributed by atoms with Gasteiger partial charge < -0.3 is 20.1 Å². The maximum absolute atomic E-state index is 10.8. The highest BCUT2D eigenvalue weighted by atomic mass is 16.6. The first-order valence-electron chi connectivity index (χ1n) is 5.28. The largest absolute Gasteiger partial charge is 0.445 e. The molecule has 18 heavy (non-hydrogen) atoms. The Kier molecular flexibility index (Phi) is 5.43. The maximum Gasteiger partial charge on any atom is 0.407 e. The van der Waals surface area contributed by atoms with Gasteiger partial charge in [0.05, 0.1) is 5.69 Å². The molecule has 0 aliphatic rings. The number of amides is 2. The van der Waals surface area contributed by atoms with Gasteiger partial charge in [-0.15, -0.1) is 0 Å². The van der Waals surface area contributed by atoms with Gasteiger partial charge in [-0.25, -0.2) is 9.59 Å². The second-order valence-corrected chi connectivity index (χ2v) is 3.31. The van der Waals surface area contributed by atoms with Crippen LogP contribution in [0.3, 0.4) is 0 Å². The van der Waals surface area contributed by atoms with Crippen LogP contribution in [0.25, 0.3) is 0 Å². The van der Waals surface area contributed by atoms with Crippen molar-refractivity contribution in [2.24, 2.45) is 0 Å². The van der Waals surface area contributed by atoms with E-state index in [-0.39, 0.29) is 13.2 Å². The molecule has 1 aromatic heterocycles. The van der Waals surface area contributed by atoms with Crippen LogP contribution in [0.4, 0.5) is 9.59 Å². The maximum atomic E-state index is 10.8. The molecule has 1 aromatic rings. The Labute approximate surface area is 104 Å². The number of alkyl carbamates (subject to hydrolysis) is 2. The zero-order valence-electron chi connectivity index (χ0n) is 10.2. The van der Waals surface area contributed by atoms with Crippen molar-refractivity contribution in [1.29, 1.82) is 0 Å². The highest BCUT2D eigenvalue weighted by Crippen LogP contribution is 2.03. The van der Waals surface area contributed by atoms with E-state index in [9.17, 15) is 9.59 Å². The van der Waals surface area contributed by atoms with Crippen molar-refractivity contribution in [2.45, 2.75) is 13.2 Å². The van der Waals surface area contributed by atoms with Crippen molar-refractivity contribution in [3.8, 4) is 0 Å². The van der Waals surface area contributed by atoms with Crippen molar-refractivity contribution in [3.63, 3.8) is 0 Å². The van der Waals surface area contributed by atoms with Crippen LogP contribution in [0, 0.1) is 0 Å². The Bertz CT molecular complexity index is 366. The van der Waals surface area contributed by atoms with Gasteiger partial charge in [-0.1, -0.05) is 6.07 Å². The lowest BCUT2D eigenvalue weighted by atomic mass is 10.2. The minimum absolute atomic E-state index is 0.0935. The Hall–Kier alpha value is -2.31. The Morgan fingerprint density at radius 3 is 2.22 bits per heavy atom. The standard InChI is InChI=1S/C11H15N3O4/c1-12-10(15)17-6-8-3-4-9(14-5-8)7-18-11(16)13-2/h3-5H,6-7H2,1-2H3,(H,12,15)(H,13,16). The lowest BCUT2D eigenvalue weighted by molar-refractivity contribution is 0.139. The summed E-state index contributed by atoms with van der Waals surface area (Å²) >= 11 is 0. The average Bonchev–Trinajstić information content (AvgIpc) is 2.43. The summed E-state index contributed by atoms with van der Waals surface area (Å²) in [7, 11) is 2.97. The van der Waals surface area contributed by atoms with Crippen molar-refractivity contribution in [2.75, 3.05) is 14.1 Å². The van der Waals surface area contributed by atoms with E-state index in [0.717, 1.165) is 5.56 Å². The Morgan fingerprint density at radius 2 is 1.72 bits per heavy atom. The van der Waals surface area contributed by atoms with E-state index in [2.05, 4.69) is 15.6 Å². The van der Waals surface area contributed by atoms with Gasteiger partial charge in [0.25, 0.3) is 0 Å². The third-order valence-corrected chi connectivity index (χ3v) is 2.02. The molecule has 0 aromatic carbocycles. The fraction of sp³-hybridized carbons (Fsp3) is 0.364. The van der Waals surface area contributed by atoms with Gasteiger partial charge in [-0.2, -0.15) is 0 Å². The smallest absolute Gasteiger partial charge is 0.407 e. The lowest BCUT2D eigenvalue weighted by Gasteiger charge is -2.05. The zero-order chi connectivity index (χ0) is 13.4. The van der Waals surface area contributed by atoms with Crippen LogP contribution in [0.15, 0.2) is 18.3 Å². The molecule has 0 saturated carbocycles. The van der Waals surface area contributed by atoms with Crippen LogP contribution in [0.2, 0.25) is 0 Å². The molecule has 0 bridgehead atoms. The second-order valence-electron chi connectivity index (χ2n) is 3.31. The van der Waals surface area contributed by atoms with Crippen LogP contribution in [0.1, 0.15) is 11.3 Å². The van der Waals surface area contributed by atoms with Gasteiger partial charge in [0.2, 0.25) is 0 Å². The number of nitrogens with one attached hydrogen (secondary N) is 2. The molecular weight excluding hydrogens is 238 g/mol. The molecule has 0 saturated heterocycles. The highest BCUT2D eigenvalue weighted by molar-refractivity contribution is 5.66. The minimum atomic E-state index is -0.510. The molecular formula is C11H15N3O4. The number of carbonyl (C=O) groups excluding carboxylic acids is 2. The minimum Gasteiger partial charge on any atom is -0.445 e. The Balaban J connectivity index is 2.42. The monoisotopic (exact) mass is 253 g/mol. The first kappa shape index (κ1) is 13.8. The van der Waals surface area contributed by atoms with Crippen molar-refractivity contribution in [3.05, 3.63) is 29.6 Å². The molecule has 7 nitrogen and oxygen atoms in total. The SMILES string of the molecule is CNC(=O)OCc1ccc(COC(=O)NC)nc1. The molecule has 0 aliphatic heterocycles. The average molecular weight is 253 g/mol. The summed E-state index contributed by atoms with van der Waals surface area (Å²) in [6.45, 7) is 0.236. The van der Waals surface area contributed by atoms with E-state index in [1.807, 2.05) is 0 Å². The van der Waals surface area contributed by atoms with E-state index >= 15 is 0 Å². The second kappa shape index (κ2) is 7.10. The van der Waals surface area contributed by atoms with Crippen LogP contribution in [0.5, 0.6) is 0 Å². The first-order chi connectivity index (χ1) is 8.65. The molecule has 0 fully saturated rings. The van der Waals surface area contributed by atoms with Crippen LogP contribution < -0.4 is 10.6 Å². The third-order valence-electron chi connectivity index (χ3n) is 2.02. The number of rotatable bonds is 4. The predicted molar refractivity (Wildman–Crippen MR) is 62.7 cm³/mol. The number of nitrogens with zero attached hydrogens (tertiary/aromatic N) is 1. The summed E-state index contributed by atoms with van der Waals surface area (Å²) in [4.78, 5) is 25.8. The molecule has 2 N–H and O–H groups in total. The summed E-state index contributed by atoms with van der Waals surface area (Å²) in [5, 5.41) is 4.67. The summed E-state index contributed by atoms with van der Waals surface area (Å²) in [5.41, 5.74) is 1.37. The third kappa shape index (κ3) is 4.69. The molecule has 0 spiro atoms. The van der Waals surface area contributed by atoms with E-state index in [1.165, 1.54) is 14.1 Å². The van der Waals surface area contributed by atoms with Crippen LogP contribution >= 0.6 is 0 Å². The quantitative estimate of drug-likeness (QED) is 0.828. The fourth-order valence-corrected chi connectivity index (χ4v) is 1.06. The summed E-state index contributed by atoms with van der Waals surface area (Å²) in [6, 6.07) is 3.45. The predicted octanol–water partition coefficient (Wildman–Crippen LogP) is 0.794.